The maximum absolute atomic E-state index is 5.92. The molecule has 0 bridgehead atoms. The maximum Gasteiger partial charge on any atom is 0.335 e. The Hall–Kier alpha value is -0.740. The summed E-state index contributed by atoms with van der Waals surface area (Å²) in [5.74, 6) is 0. The van der Waals surface area contributed by atoms with Gasteiger partial charge in [0.15, 0.2) is 0 Å². The molecule has 0 unspecified atom stereocenters. The van der Waals surface area contributed by atoms with Gasteiger partial charge in [-0.15, -0.1) is 0 Å². The van der Waals surface area contributed by atoms with Gasteiger partial charge in [0.05, 0.1) is 11.5 Å². The van der Waals surface area contributed by atoms with E-state index in [2.05, 4.69) is 25.9 Å². The van der Waals surface area contributed by atoms with Gasteiger partial charge in [0.2, 0.25) is 6.33 Å². The van der Waals surface area contributed by atoms with Crippen LogP contribution in [-0.4, -0.2) is 9.97 Å². The monoisotopic (exact) mass is 258 g/mol. The SMILES string of the molecule is C[n+]1cc(Br)cc2c(Cl)ncnc21. The predicted molar refractivity (Wildman–Crippen MR) is 53.4 cm³/mol. The number of hydrogen-bond donors (Lipinski definition) is 0. The van der Waals surface area contributed by atoms with Crippen LogP contribution < -0.4 is 4.57 Å². The number of halogens is 2. The molecule has 0 saturated heterocycles. The number of rotatable bonds is 0. The Kier molecular flexibility index (Phi) is 2.17. The van der Waals surface area contributed by atoms with E-state index >= 15 is 0 Å². The minimum Gasteiger partial charge on any atom is -0.232 e. The predicted octanol–water partition coefficient (Wildman–Crippen LogP) is 1.87. The second-order valence-corrected chi connectivity index (χ2v) is 3.94. The molecule has 0 aliphatic heterocycles. The van der Waals surface area contributed by atoms with Crippen LogP contribution in [0, 0.1) is 0 Å². The first-order chi connectivity index (χ1) is 6.18. The fourth-order valence-electron chi connectivity index (χ4n) is 1.19. The van der Waals surface area contributed by atoms with Gasteiger partial charge in [0, 0.05) is 0 Å². The lowest BCUT2D eigenvalue weighted by molar-refractivity contribution is -0.647. The van der Waals surface area contributed by atoms with Crippen LogP contribution in [-0.2, 0) is 7.05 Å². The Labute approximate surface area is 88.5 Å². The quantitative estimate of drug-likeness (QED) is 0.534. The number of aryl methyl sites for hydroxylation is 1. The molecule has 0 N–H and O–H groups in total. The Morgan fingerprint density at radius 1 is 1.46 bits per heavy atom. The number of nitrogens with zero attached hydrogens (tertiary/aromatic N) is 3. The molecule has 2 rings (SSSR count). The van der Waals surface area contributed by atoms with E-state index in [-0.39, 0.29) is 0 Å². The van der Waals surface area contributed by atoms with Crippen molar-refractivity contribution in [2.24, 2.45) is 7.05 Å². The summed E-state index contributed by atoms with van der Waals surface area (Å²) in [6, 6.07) is 1.90. The topological polar surface area (TPSA) is 29.7 Å². The first kappa shape index (κ1) is 8.84. The minimum atomic E-state index is 0.474. The lowest BCUT2D eigenvalue weighted by atomic mass is 10.3. The van der Waals surface area contributed by atoms with Gasteiger partial charge >= 0.3 is 5.65 Å². The van der Waals surface area contributed by atoms with E-state index in [0.717, 1.165) is 15.5 Å². The minimum absolute atomic E-state index is 0.474. The van der Waals surface area contributed by atoms with E-state index in [1.165, 1.54) is 6.33 Å². The van der Waals surface area contributed by atoms with Crippen molar-refractivity contribution in [2.45, 2.75) is 0 Å². The zero-order valence-electron chi connectivity index (χ0n) is 6.83. The highest BCUT2D eigenvalue weighted by atomic mass is 79.9. The summed E-state index contributed by atoms with van der Waals surface area (Å²) < 4.78 is 2.85. The summed E-state index contributed by atoms with van der Waals surface area (Å²) in [7, 11) is 1.91. The molecular weight excluding hydrogens is 253 g/mol. The molecule has 0 aliphatic carbocycles. The van der Waals surface area contributed by atoms with E-state index in [9.17, 15) is 0 Å². The van der Waals surface area contributed by atoms with Crippen molar-refractivity contribution in [1.82, 2.24) is 9.97 Å². The lowest BCUT2D eigenvalue weighted by Crippen LogP contribution is -2.29. The van der Waals surface area contributed by atoms with E-state index in [4.69, 9.17) is 11.6 Å². The summed E-state index contributed by atoms with van der Waals surface area (Å²) in [6.07, 6.45) is 3.38. The van der Waals surface area contributed by atoms with Crippen molar-refractivity contribution in [3.05, 3.63) is 28.2 Å². The fourth-order valence-corrected chi connectivity index (χ4v) is 1.91. The standard InChI is InChI=1S/C8H6BrClN3/c1-13-3-5(9)2-6-7(10)11-4-12-8(6)13/h2-4H,1H3/q+1. The van der Waals surface area contributed by atoms with E-state index in [1.807, 2.05) is 23.9 Å². The third-order valence-electron chi connectivity index (χ3n) is 1.75. The third kappa shape index (κ3) is 1.51. The summed E-state index contributed by atoms with van der Waals surface area (Å²) in [4.78, 5) is 8.04. The fraction of sp³-hybridized carbons (Fsp3) is 0.125. The van der Waals surface area contributed by atoms with Crippen molar-refractivity contribution < 1.29 is 4.57 Å². The van der Waals surface area contributed by atoms with Crippen molar-refractivity contribution in [1.29, 1.82) is 0 Å². The Bertz CT molecular complexity index is 472. The molecule has 2 aromatic heterocycles. The second-order valence-electron chi connectivity index (χ2n) is 2.67. The first-order valence-corrected chi connectivity index (χ1v) is 4.81. The van der Waals surface area contributed by atoms with Gasteiger partial charge < -0.3 is 0 Å². The van der Waals surface area contributed by atoms with Gasteiger partial charge in [0.25, 0.3) is 0 Å². The molecule has 0 aromatic carbocycles. The van der Waals surface area contributed by atoms with Gasteiger partial charge in [-0.05, 0) is 27.0 Å². The van der Waals surface area contributed by atoms with Crippen LogP contribution in [0.25, 0.3) is 11.0 Å². The molecule has 3 nitrogen and oxygen atoms in total. The number of aromatic nitrogens is 3. The molecular formula is C8H6BrClN3+. The normalized spacial score (nSPS) is 10.7. The van der Waals surface area contributed by atoms with Crippen molar-refractivity contribution in [2.75, 3.05) is 0 Å². The molecule has 66 valence electrons. The largest absolute Gasteiger partial charge is 0.335 e. The van der Waals surface area contributed by atoms with Crippen LogP contribution in [0.2, 0.25) is 5.15 Å². The van der Waals surface area contributed by atoms with Crippen LogP contribution in [0.15, 0.2) is 23.1 Å². The lowest BCUT2D eigenvalue weighted by Gasteiger charge is -1.97. The summed E-state index contributed by atoms with van der Waals surface area (Å²) >= 11 is 9.30. The van der Waals surface area contributed by atoms with Crippen molar-refractivity contribution >= 4 is 38.6 Å². The molecule has 13 heavy (non-hydrogen) atoms. The average molecular weight is 260 g/mol. The first-order valence-electron chi connectivity index (χ1n) is 3.64. The molecule has 0 saturated carbocycles. The van der Waals surface area contributed by atoms with Gasteiger partial charge in [-0.2, -0.15) is 4.98 Å². The van der Waals surface area contributed by atoms with E-state index in [0.29, 0.717) is 5.15 Å². The highest BCUT2D eigenvalue weighted by Gasteiger charge is 2.11. The van der Waals surface area contributed by atoms with E-state index < -0.39 is 0 Å². The van der Waals surface area contributed by atoms with Crippen molar-refractivity contribution in [3.63, 3.8) is 0 Å². The van der Waals surface area contributed by atoms with Crippen LogP contribution in [0.3, 0.4) is 0 Å². The molecule has 2 aromatic rings. The van der Waals surface area contributed by atoms with Gasteiger partial charge in [-0.1, -0.05) is 11.6 Å². The summed E-state index contributed by atoms with van der Waals surface area (Å²) in [6.45, 7) is 0. The highest BCUT2D eigenvalue weighted by molar-refractivity contribution is 9.10. The summed E-state index contributed by atoms with van der Waals surface area (Å²) in [5.41, 5.74) is 0.822. The smallest absolute Gasteiger partial charge is 0.232 e. The molecule has 0 fully saturated rings. The second kappa shape index (κ2) is 3.20. The van der Waals surface area contributed by atoms with Crippen LogP contribution >= 0.6 is 27.5 Å². The average Bonchev–Trinajstić information content (AvgIpc) is 2.07. The number of pyridine rings is 1. The molecule has 5 heteroatoms. The van der Waals surface area contributed by atoms with Crippen molar-refractivity contribution in [3.8, 4) is 0 Å². The number of hydrogen-bond acceptors (Lipinski definition) is 2. The van der Waals surface area contributed by atoms with Crippen LogP contribution in [0.4, 0.5) is 0 Å². The molecule has 2 heterocycles. The zero-order valence-corrected chi connectivity index (χ0v) is 9.17. The molecule has 0 atom stereocenters. The molecule has 0 radical (unpaired) electrons. The van der Waals surface area contributed by atoms with Gasteiger partial charge in [-0.25, -0.2) is 4.57 Å². The molecule has 0 spiro atoms. The molecule has 0 amide bonds. The Morgan fingerprint density at radius 2 is 2.23 bits per heavy atom. The third-order valence-corrected chi connectivity index (χ3v) is 2.48. The van der Waals surface area contributed by atoms with Crippen LogP contribution in [0.1, 0.15) is 0 Å². The summed E-state index contributed by atoms with van der Waals surface area (Å²) in [5, 5.41) is 1.32. The highest BCUT2D eigenvalue weighted by Crippen LogP contribution is 2.19. The Balaban J connectivity index is 2.94. The van der Waals surface area contributed by atoms with Gasteiger partial charge in [0.1, 0.15) is 16.7 Å². The van der Waals surface area contributed by atoms with Crippen LogP contribution in [0.5, 0.6) is 0 Å². The molecule has 0 aliphatic rings. The van der Waals surface area contributed by atoms with E-state index in [1.54, 1.807) is 0 Å². The van der Waals surface area contributed by atoms with Gasteiger partial charge in [-0.3, -0.25) is 0 Å². The Morgan fingerprint density at radius 3 is 3.00 bits per heavy atom. The maximum atomic E-state index is 5.92. The number of fused-ring (bicyclic) bond motifs is 1. The zero-order chi connectivity index (χ0) is 9.42.